The van der Waals surface area contributed by atoms with E-state index in [0.29, 0.717) is 24.1 Å². The minimum atomic E-state index is -4.51. The highest BCUT2D eigenvalue weighted by molar-refractivity contribution is 6.07. The van der Waals surface area contributed by atoms with Gasteiger partial charge in [-0.25, -0.2) is 0 Å². The Kier molecular flexibility index (Phi) is 13.3. The molecule has 230 valence electrons. The molecule has 2 heterocycles. The molecule has 0 radical (unpaired) electrons. The number of anilines is 1. The third-order valence-electron chi connectivity index (χ3n) is 7.61. The highest BCUT2D eigenvalue weighted by Gasteiger charge is 2.32. The first-order valence-electron chi connectivity index (χ1n) is 15.4. The molecular formula is C34H47F3N4O. The number of carbonyl (C=O) groups is 1. The van der Waals surface area contributed by atoms with Crippen LogP contribution in [0, 0.1) is 0 Å². The van der Waals surface area contributed by atoms with Gasteiger partial charge in [-0.2, -0.15) is 13.2 Å². The van der Waals surface area contributed by atoms with Crippen LogP contribution in [0.1, 0.15) is 89.3 Å². The van der Waals surface area contributed by atoms with Gasteiger partial charge >= 0.3 is 6.18 Å². The van der Waals surface area contributed by atoms with Crippen molar-refractivity contribution in [3.8, 4) is 0 Å². The predicted molar refractivity (Wildman–Crippen MR) is 165 cm³/mol. The van der Waals surface area contributed by atoms with Crippen molar-refractivity contribution in [2.75, 3.05) is 31.5 Å². The Balaban J connectivity index is 1.86. The van der Waals surface area contributed by atoms with E-state index in [1.54, 1.807) is 12.3 Å². The van der Waals surface area contributed by atoms with Crippen molar-refractivity contribution in [2.45, 2.75) is 91.9 Å². The molecule has 1 amide bonds. The molecule has 0 bridgehead atoms. The van der Waals surface area contributed by atoms with Crippen LogP contribution in [0.3, 0.4) is 0 Å². The summed E-state index contributed by atoms with van der Waals surface area (Å²) in [6.45, 7) is 12.7. The van der Waals surface area contributed by atoms with Crippen LogP contribution in [-0.4, -0.2) is 46.9 Å². The fourth-order valence-corrected chi connectivity index (χ4v) is 5.49. The van der Waals surface area contributed by atoms with Gasteiger partial charge in [0.05, 0.1) is 5.56 Å². The minimum absolute atomic E-state index is 0.186. The number of aromatic nitrogens is 1. The van der Waals surface area contributed by atoms with E-state index in [-0.39, 0.29) is 11.6 Å². The number of pyridine rings is 1. The largest absolute Gasteiger partial charge is 0.416 e. The number of alkyl halides is 3. The molecule has 1 aromatic heterocycles. The smallest absolute Gasteiger partial charge is 0.322 e. The van der Waals surface area contributed by atoms with Crippen LogP contribution in [0.15, 0.2) is 65.5 Å². The molecule has 1 aromatic carbocycles. The van der Waals surface area contributed by atoms with Gasteiger partial charge in [-0.1, -0.05) is 57.7 Å². The van der Waals surface area contributed by atoms with E-state index >= 15 is 0 Å². The Morgan fingerprint density at radius 1 is 1.07 bits per heavy atom. The van der Waals surface area contributed by atoms with Crippen molar-refractivity contribution in [1.82, 2.24) is 14.8 Å². The van der Waals surface area contributed by atoms with E-state index in [1.807, 2.05) is 25.3 Å². The van der Waals surface area contributed by atoms with Gasteiger partial charge in [0, 0.05) is 49.8 Å². The summed E-state index contributed by atoms with van der Waals surface area (Å²) in [6.07, 6.45) is 7.40. The van der Waals surface area contributed by atoms with Gasteiger partial charge < -0.3 is 5.32 Å². The summed E-state index contributed by atoms with van der Waals surface area (Å²) in [4.78, 5) is 22.5. The number of rotatable bonds is 15. The van der Waals surface area contributed by atoms with E-state index in [4.69, 9.17) is 0 Å². The highest BCUT2D eigenvalue weighted by atomic mass is 19.4. The SMILES string of the molecule is CCCC/C=C(/C(=O)Nc1cc(CN(CCC)CCCC)cc(C(F)(F)F)c1)C1=C(C)CN(Cc2cccnc2)CC1. The number of unbranched alkanes of at least 4 members (excludes halogenated alkanes) is 3. The van der Waals surface area contributed by atoms with E-state index in [2.05, 4.69) is 46.9 Å². The third kappa shape index (κ3) is 10.4. The van der Waals surface area contributed by atoms with Crippen molar-refractivity contribution >= 4 is 11.6 Å². The van der Waals surface area contributed by atoms with E-state index in [1.165, 1.54) is 6.07 Å². The molecule has 0 aliphatic carbocycles. The fourth-order valence-electron chi connectivity index (χ4n) is 5.49. The van der Waals surface area contributed by atoms with Crippen molar-refractivity contribution in [2.24, 2.45) is 0 Å². The maximum Gasteiger partial charge on any atom is 0.416 e. The third-order valence-corrected chi connectivity index (χ3v) is 7.61. The number of benzene rings is 1. The van der Waals surface area contributed by atoms with Crippen molar-refractivity contribution in [3.63, 3.8) is 0 Å². The van der Waals surface area contributed by atoms with Gasteiger partial charge in [0.2, 0.25) is 0 Å². The first kappa shape index (κ1) is 33.5. The number of nitrogens with one attached hydrogen (secondary N) is 1. The number of amides is 1. The molecule has 0 spiro atoms. The lowest BCUT2D eigenvalue weighted by molar-refractivity contribution is -0.137. The molecule has 8 heteroatoms. The van der Waals surface area contributed by atoms with Crippen molar-refractivity contribution in [3.05, 3.63) is 82.2 Å². The minimum Gasteiger partial charge on any atom is -0.322 e. The summed E-state index contributed by atoms with van der Waals surface area (Å²) < 4.78 is 41.8. The Hall–Kier alpha value is -2.97. The number of nitrogens with zero attached hydrogens (tertiary/aromatic N) is 3. The highest BCUT2D eigenvalue weighted by Crippen LogP contribution is 2.33. The normalized spacial score (nSPS) is 15.0. The average Bonchev–Trinajstić information content (AvgIpc) is 2.95. The van der Waals surface area contributed by atoms with Gasteiger partial charge in [0.1, 0.15) is 0 Å². The van der Waals surface area contributed by atoms with Crippen LogP contribution >= 0.6 is 0 Å². The molecule has 1 aliphatic heterocycles. The zero-order valence-corrected chi connectivity index (χ0v) is 25.7. The Labute approximate surface area is 249 Å². The van der Waals surface area contributed by atoms with Gasteiger partial charge in [0.15, 0.2) is 0 Å². The van der Waals surface area contributed by atoms with Crippen LogP contribution < -0.4 is 5.32 Å². The van der Waals surface area contributed by atoms with Gasteiger partial charge in [-0.05, 0) is 86.7 Å². The van der Waals surface area contributed by atoms with Crippen LogP contribution in [0.2, 0.25) is 0 Å². The summed E-state index contributed by atoms with van der Waals surface area (Å²) in [6, 6.07) is 7.95. The van der Waals surface area contributed by atoms with Gasteiger partial charge in [0.25, 0.3) is 5.91 Å². The summed E-state index contributed by atoms with van der Waals surface area (Å²) in [7, 11) is 0. The molecule has 0 atom stereocenters. The number of halogens is 3. The standard InChI is InChI=1S/C34H47F3N4O/c1-5-8-10-13-32(31-14-18-41(23-26(31)4)24-27-12-11-15-38-22-27)33(42)39-30-20-28(19-29(21-30)34(35,36)37)25-40(16-7-3)17-9-6-2/h11-13,15,19-22H,5-10,14,16-18,23-25H2,1-4H3,(H,39,42)/b32-13+. The lowest BCUT2D eigenvalue weighted by Gasteiger charge is -2.30. The summed E-state index contributed by atoms with van der Waals surface area (Å²) in [5, 5.41) is 2.86. The molecule has 3 rings (SSSR count). The second kappa shape index (κ2) is 16.6. The van der Waals surface area contributed by atoms with Gasteiger partial charge in [-0.3, -0.25) is 19.6 Å². The zero-order chi connectivity index (χ0) is 30.5. The average molecular weight is 585 g/mol. The number of hydrogen-bond donors (Lipinski definition) is 1. The van der Waals surface area contributed by atoms with Crippen LogP contribution in [0.5, 0.6) is 0 Å². The lowest BCUT2D eigenvalue weighted by atomic mass is 9.92. The molecule has 42 heavy (non-hydrogen) atoms. The molecular weight excluding hydrogens is 537 g/mol. The molecule has 0 fully saturated rings. The predicted octanol–water partition coefficient (Wildman–Crippen LogP) is 8.39. The summed E-state index contributed by atoms with van der Waals surface area (Å²) >= 11 is 0. The molecule has 2 aromatic rings. The van der Waals surface area contributed by atoms with Gasteiger partial charge in [-0.15, -0.1) is 0 Å². The number of carbonyl (C=O) groups excluding carboxylic acids is 1. The second-order valence-electron chi connectivity index (χ2n) is 11.3. The lowest BCUT2D eigenvalue weighted by Crippen LogP contribution is -2.32. The summed E-state index contributed by atoms with van der Waals surface area (Å²) in [5.74, 6) is -0.345. The quantitative estimate of drug-likeness (QED) is 0.169. The first-order chi connectivity index (χ1) is 20.1. The number of hydrogen-bond acceptors (Lipinski definition) is 4. The first-order valence-corrected chi connectivity index (χ1v) is 15.4. The molecule has 0 saturated carbocycles. The van der Waals surface area contributed by atoms with E-state index < -0.39 is 11.7 Å². The molecule has 1 aliphatic rings. The molecule has 1 N–H and O–H groups in total. The fraction of sp³-hybridized carbons (Fsp3) is 0.529. The van der Waals surface area contributed by atoms with Crippen LogP contribution in [0.4, 0.5) is 18.9 Å². The van der Waals surface area contributed by atoms with Crippen LogP contribution in [0.25, 0.3) is 0 Å². The Morgan fingerprint density at radius 2 is 1.86 bits per heavy atom. The summed E-state index contributed by atoms with van der Waals surface area (Å²) in [5.41, 5.74) is 3.82. The Bertz CT molecular complexity index is 1210. The Morgan fingerprint density at radius 3 is 2.50 bits per heavy atom. The van der Waals surface area contributed by atoms with Crippen molar-refractivity contribution < 1.29 is 18.0 Å². The molecule has 0 unspecified atom stereocenters. The monoisotopic (exact) mass is 584 g/mol. The topological polar surface area (TPSA) is 48.5 Å². The number of allylic oxidation sites excluding steroid dienone is 1. The second-order valence-corrected chi connectivity index (χ2v) is 11.3. The molecule has 5 nitrogen and oxygen atoms in total. The zero-order valence-electron chi connectivity index (χ0n) is 25.7. The van der Waals surface area contributed by atoms with Crippen LogP contribution in [-0.2, 0) is 24.1 Å². The van der Waals surface area contributed by atoms with E-state index in [0.717, 1.165) is 94.0 Å². The molecule has 0 saturated heterocycles. The van der Waals surface area contributed by atoms with Crippen molar-refractivity contribution in [1.29, 1.82) is 0 Å². The van der Waals surface area contributed by atoms with E-state index in [9.17, 15) is 18.0 Å². The maximum absolute atomic E-state index is 13.9. The maximum atomic E-state index is 13.9.